The topological polar surface area (TPSA) is 103 Å². The van der Waals surface area contributed by atoms with Gasteiger partial charge in [-0.3, -0.25) is 4.79 Å². The summed E-state index contributed by atoms with van der Waals surface area (Å²) in [4.78, 5) is 11.7. The van der Waals surface area contributed by atoms with Gasteiger partial charge in [0.2, 0.25) is 0 Å². The smallest absolute Gasteiger partial charge is 0.406 e. The quantitative estimate of drug-likeness (QED) is 0.496. The summed E-state index contributed by atoms with van der Waals surface area (Å²) in [7, 11) is -4.81. The molecule has 0 fully saturated rings. The number of hydrogen-bond acceptors (Lipinski definition) is 6. The molecule has 1 N–H and O–H groups in total. The van der Waals surface area contributed by atoms with Gasteiger partial charge in [-0.2, -0.15) is 13.2 Å². The highest BCUT2D eigenvalue weighted by atomic mass is 35.5. The van der Waals surface area contributed by atoms with E-state index in [0.29, 0.717) is 29.8 Å². The van der Waals surface area contributed by atoms with Gasteiger partial charge in [-0.15, -0.1) is 18.3 Å². The van der Waals surface area contributed by atoms with Crippen LogP contribution >= 0.6 is 11.6 Å². The number of benzene rings is 2. The highest BCUT2D eigenvalue weighted by Crippen LogP contribution is 2.34. The molecule has 3 rings (SSSR count). The number of hydrogen-bond donors (Lipinski definition) is 1. The van der Waals surface area contributed by atoms with Crippen molar-refractivity contribution in [1.29, 1.82) is 0 Å². The van der Waals surface area contributed by atoms with Crippen molar-refractivity contribution in [1.82, 2.24) is 19.7 Å². The normalized spacial score (nSPS) is 12.5. The van der Waals surface area contributed by atoms with E-state index < -0.39 is 50.5 Å². The van der Waals surface area contributed by atoms with Crippen LogP contribution in [0.3, 0.4) is 0 Å². The number of aromatic nitrogens is 3. The van der Waals surface area contributed by atoms with E-state index >= 15 is 0 Å². The van der Waals surface area contributed by atoms with E-state index in [0.717, 1.165) is 0 Å². The van der Waals surface area contributed by atoms with Gasteiger partial charge in [-0.05, 0) is 48.9 Å². The maximum Gasteiger partial charge on any atom is 0.573 e. The van der Waals surface area contributed by atoms with Crippen LogP contribution in [-0.2, 0) is 16.2 Å². The third-order valence-electron chi connectivity index (χ3n) is 4.08. The van der Waals surface area contributed by atoms with E-state index in [9.17, 15) is 39.6 Å². The maximum atomic E-state index is 13.8. The van der Waals surface area contributed by atoms with Crippen molar-refractivity contribution in [2.45, 2.75) is 24.4 Å². The average Bonchev–Trinajstić information content (AvgIpc) is 3.12. The van der Waals surface area contributed by atoms with E-state index in [4.69, 9.17) is 11.6 Å². The second-order valence-corrected chi connectivity index (χ2v) is 8.69. The largest absolute Gasteiger partial charge is 0.573 e. The first-order valence-electron chi connectivity index (χ1n) is 8.81. The number of rotatable bonds is 5. The van der Waals surface area contributed by atoms with Crippen LogP contribution in [0.5, 0.6) is 5.75 Å². The van der Waals surface area contributed by atoms with Crippen LogP contribution in [-0.4, -0.2) is 35.7 Å². The van der Waals surface area contributed by atoms with E-state index in [1.54, 1.807) is 6.92 Å². The van der Waals surface area contributed by atoms with Crippen molar-refractivity contribution in [2.24, 2.45) is 0 Å². The molecule has 8 nitrogen and oxygen atoms in total. The second-order valence-electron chi connectivity index (χ2n) is 6.60. The molecule has 0 bridgehead atoms. The number of nitrogens with zero attached hydrogens (tertiary/aromatic N) is 3. The molecule has 0 aliphatic rings. The lowest BCUT2D eigenvalue weighted by molar-refractivity contribution is -0.274. The summed E-state index contributed by atoms with van der Waals surface area (Å²) in [6.45, 7) is 1.63. The fraction of sp³-hybridized carbons (Fsp3) is 0.167. The molecule has 0 spiro atoms. The monoisotopic (exact) mass is 528 g/mol. The SMILES string of the molecule is Cc1ccc(-n2nnc(C(=O)NS(=O)(=O)c3ccc(OC(F)(F)F)cc3)c2C(F)(F)F)c(Cl)c1. The molecule has 1 aromatic heterocycles. The summed E-state index contributed by atoms with van der Waals surface area (Å²) in [6.07, 6.45) is -10.2. The Bertz CT molecular complexity index is 1340. The summed E-state index contributed by atoms with van der Waals surface area (Å²) in [6, 6.07) is 6.57. The van der Waals surface area contributed by atoms with Gasteiger partial charge in [0, 0.05) is 0 Å². The van der Waals surface area contributed by atoms with E-state index in [2.05, 4.69) is 15.0 Å². The molecule has 3 aromatic rings. The first-order chi connectivity index (χ1) is 15.6. The Balaban J connectivity index is 1.95. The van der Waals surface area contributed by atoms with Crippen LogP contribution in [0.25, 0.3) is 5.69 Å². The molecule has 16 heteroatoms. The zero-order valence-corrected chi connectivity index (χ0v) is 18.1. The molecule has 2 aromatic carbocycles. The van der Waals surface area contributed by atoms with Crippen LogP contribution in [0.15, 0.2) is 47.4 Å². The van der Waals surface area contributed by atoms with Crippen molar-refractivity contribution in [3.8, 4) is 11.4 Å². The Morgan fingerprint density at radius 3 is 2.21 bits per heavy atom. The van der Waals surface area contributed by atoms with Gasteiger partial charge in [-0.1, -0.05) is 22.9 Å². The summed E-state index contributed by atoms with van der Waals surface area (Å²) >= 11 is 5.98. The third kappa shape index (κ3) is 5.59. The van der Waals surface area contributed by atoms with Crippen molar-refractivity contribution in [2.75, 3.05) is 0 Å². The van der Waals surface area contributed by atoms with Crippen molar-refractivity contribution < 1.29 is 44.3 Å². The highest BCUT2D eigenvalue weighted by Gasteiger charge is 2.43. The Labute approximate surface area is 192 Å². The van der Waals surface area contributed by atoms with Crippen LogP contribution in [0.2, 0.25) is 5.02 Å². The molecule has 34 heavy (non-hydrogen) atoms. The fourth-order valence-corrected chi connectivity index (χ4v) is 3.96. The fourth-order valence-electron chi connectivity index (χ4n) is 2.69. The molecule has 1 heterocycles. The standard InChI is InChI=1S/C18H11ClF6N4O4S/c1-9-2-7-13(12(19)8-9)29-15(17(20,21)22)14(26-28-29)16(30)27-34(31,32)11-5-3-10(4-6-11)33-18(23,24)25/h2-8H,1H3,(H,27,30). The molecule has 0 atom stereocenters. The Kier molecular flexibility index (Phi) is 6.54. The Hall–Kier alpha value is -3.33. The van der Waals surface area contributed by atoms with Gasteiger partial charge in [-0.25, -0.2) is 17.8 Å². The summed E-state index contributed by atoms with van der Waals surface area (Å²) in [5.41, 5.74) is -2.71. The molecule has 0 saturated heterocycles. The minimum atomic E-state index is -5.20. The maximum absolute atomic E-state index is 13.8. The van der Waals surface area contributed by atoms with Crippen LogP contribution in [0, 0.1) is 6.92 Å². The van der Waals surface area contributed by atoms with Crippen molar-refractivity contribution in [3.05, 3.63) is 64.4 Å². The minimum absolute atomic E-state index is 0.142. The molecule has 0 saturated carbocycles. The van der Waals surface area contributed by atoms with Crippen molar-refractivity contribution in [3.63, 3.8) is 0 Å². The van der Waals surface area contributed by atoms with E-state index in [-0.39, 0.29) is 15.4 Å². The zero-order valence-electron chi connectivity index (χ0n) is 16.6. The molecule has 0 radical (unpaired) electrons. The summed E-state index contributed by atoms with van der Waals surface area (Å²) in [5, 5.41) is 6.32. The second kappa shape index (κ2) is 8.79. The number of amides is 1. The first-order valence-corrected chi connectivity index (χ1v) is 10.7. The Morgan fingerprint density at radius 1 is 1.06 bits per heavy atom. The zero-order chi connectivity index (χ0) is 25.5. The van der Waals surface area contributed by atoms with E-state index in [1.165, 1.54) is 22.9 Å². The van der Waals surface area contributed by atoms with Crippen LogP contribution < -0.4 is 9.46 Å². The molecule has 1 amide bonds. The number of halogens is 7. The number of aryl methyl sites for hydroxylation is 1. The summed E-state index contributed by atoms with van der Waals surface area (Å²) < 4.78 is 108. The van der Waals surface area contributed by atoms with Gasteiger partial charge in [0.25, 0.3) is 15.9 Å². The van der Waals surface area contributed by atoms with Crippen LogP contribution in [0.4, 0.5) is 26.3 Å². The van der Waals surface area contributed by atoms with Gasteiger partial charge in [0.05, 0.1) is 15.6 Å². The lowest BCUT2D eigenvalue weighted by Crippen LogP contribution is -2.32. The molecular formula is C18H11ClF6N4O4S. The third-order valence-corrected chi connectivity index (χ3v) is 5.73. The molecule has 0 aliphatic heterocycles. The van der Waals surface area contributed by atoms with Gasteiger partial charge in [0.15, 0.2) is 11.4 Å². The predicted molar refractivity (Wildman–Crippen MR) is 104 cm³/mol. The number of ether oxygens (including phenoxy) is 1. The van der Waals surface area contributed by atoms with Gasteiger partial charge >= 0.3 is 12.5 Å². The predicted octanol–water partition coefficient (Wildman–Crippen LogP) is 4.27. The van der Waals surface area contributed by atoms with Gasteiger partial charge < -0.3 is 4.74 Å². The van der Waals surface area contributed by atoms with E-state index in [1.807, 2.05) is 0 Å². The number of carbonyl (C=O) groups is 1. The average molecular weight is 529 g/mol. The van der Waals surface area contributed by atoms with Crippen LogP contribution in [0.1, 0.15) is 21.7 Å². The summed E-state index contributed by atoms with van der Waals surface area (Å²) in [5.74, 6) is -2.53. The van der Waals surface area contributed by atoms with Crippen molar-refractivity contribution >= 4 is 27.5 Å². The lowest BCUT2D eigenvalue weighted by Gasteiger charge is -2.13. The molecule has 182 valence electrons. The number of carbonyl (C=O) groups excluding carboxylic acids is 1. The molecule has 0 unspecified atom stereocenters. The minimum Gasteiger partial charge on any atom is -0.406 e. The lowest BCUT2D eigenvalue weighted by atomic mass is 10.2. The molecular weight excluding hydrogens is 518 g/mol. The highest BCUT2D eigenvalue weighted by molar-refractivity contribution is 7.90. The first kappa shape index (κ1) is 25.3. The number of nitrogens with one attached hydrogen (secondary N) is 1. The van der Waals surface area contributed by atoms with Gasteiger partial charge in [0.1, 0.15) is 5.75 Å². The Morgan fingerprint density at radius 2 is 1.68 bits per heavy atom. The number of alkyl halides is 6. The molecule has 0 aliphatic carbocycles. The number of sulfonamides is 1.